The van der Waals surface area contributed by atoms with Crippen LogP contribution in [0.1, 0.15) is 32.4 Å². The van der Waals surface area contributed by atoms with Gasteiger partial charge in [-0.15, -0.1) is 0 Å². The summed E-state index contributed by atoms with van der Waals surface area (Å²) in [6.45, 7) is 11.1. The second-order valence-corrected chi connectivity index (χ2v) is 7.29. The Morgan fingerprint density at radius 1 is 1.14 bits per heavy atom. The Labute approximate surface area is 134 Å². The fraction of sp³-hybridized carbons (Fsp3) is 0.611. The van der Waals surface area contributed by atoms with Crippen LogP contribution in [0.4, 0.5) is 0 Å². The number of nitrogens with zero attached hydrogens (tertiary/aromatic N) is 2. The van der Waals surface area contributed by atoms with E-state index in [0.29, 0.717) is 0 Å². The molecule has 1 amide bonds. The second-order valence-electron chi connectivity index (χ2n) is 7.29. The molecule has 4 heteroatoms. The Hall–Kier alpha value is -1.39. The third-order valence-electron chi connectivity index (χ3n) is 4.23. The molecule has 1 aliphatic rings. The standard InChI is InChI=1S/C18H29N3O/c1-18(2,3)17(22)19-16(15-8-6-5-7-9-15)14-21-12-10-20(4)11-13-21/h5-9,16H,10-14H2,1-4H3,(H,19,22)/t16-/m1/s1. The highest BCUT2D eigenvalue weighted by Gasteiger charge is 2.26. The molecule has 0 saturated carbocycles. The second kappa shape index (κ2) is 7.25. The van der Waals surface area contributed by atoms with Crippen molar-refractivity contribution in [2.24, 2.45) is 5.41 Å². The molecule has 1 fully saturated rings. The molecule has 4 nitrogen and oxygen atoms in total. The van der Waals surface area contributed by atoms with E-state index in [4.69, 9.17) is 0 Å². The lowest BCUT2D eigenvalue weighted by Gasteiger charge is -2.35. The van der Waals surface area contributed by atoms with Crippen LogP contribution in [0, 0.1) is 5.41 Å². The van der Waals surface area contributed by atoms with Crippen LogP contribution in [0.3, 0.4) is 0 Å². The minimum Gasteiger partial charge on any atom is -0.348 e. The number of hydrogen-bond acceptors (Lipinski definition) is 3. The monoisotopic (exact) mass is 303 g/mol. The molecule has 0 aromatic heterocycles. The minimum absolute atomic E-state index is 0.0522. The highest BCUT2D eigenvalue weighted by atomic mass is 16.2. The van der Waals surface area contributed by atoms with Crippen LogP contribution in [0.25, 0.3) is 0 Å². The zero-order valence-corrected chi connectivity index (χ0v) is 14.3. The summed E-state index contributed by atoms with van der Waals surface area (Å²) in [6, 6.07) is 10.3. The molecule has 1 saturated heterocycles. The average Bonchev–Trinajstić information content (AvgIpc) is 2.48. The summed E-state index contributed by atoms with van der Waals surface area (Å²) in [6.07, 6.45) is 0. The van der Waals surface area contributed by atoms with Crippen molar-refractivity contribution < 1.29 is 4.79 Å². The predicted molar refractivity (Wildman–Crippen MR) is 90.7 cm³/mol. The molecule has 1 aliphatic heterocycles. The molecule has 0 aliphatic carbocycles. The highest BCUT2D eigenvalue weighted by Crippen LogP contribution is 2.19. The van der Waals surface area contributed by atoms with Crippen molar-refractivity contribution in [2.45, 2.75) is 26.8 Å². The number of hydrogen-bond donors (Lipinski definition) is 1. The van der Waals surface area contributed by atoms with Crippen LogP contribution in [-0.4, -0.2) is 55.5 Å². The van der Waals surface area contributed by atoms with Gasteiger partial charge in [-0.3, -0.25) is 9.69 Å². The molecule has 122 valence electrons. The Bertz CT molecular complexity index is 473. The highest BCUT2D eigenvalue weighted by molar-refractivity contribution is 5.81. The third kappa shape index (κ3) is 4.82. The maximum atomic E-state index is 12.4. The number of rotatable bonds is 4. The lowest BCUT2D eigenvalue weighted by molar-refractivity contribution is -0.129. The van der Waals surface area contributed by atoms with E-state index in [1.807, 2.05) is 39.0 Å². The molecule has 1 aromatic rings. The van der Waals surface area contributed by atoms with E-state index in [1.165, 1.54) is 5.56 Å². The largest absolute Gasteiger partial charge is 0.348 e. The maximum Gasteiger partial charge on any atom is 0.225 e. The molecule has 2 rings (SSSR count). The van der Waals surface area contributed by atoms with Crippen LogP contribution in [0.2, 0.25) is 0 Å². The van der Waals surface area contributed by atoms with E-state index < -0.39 is 0 Å². The van der Waals surface area contributed by atoms with Crippen LogP contribution < -0.4 is 5.32 Å². The summed E-state index contributed by atoms with van der Waals surface area (Å²) in [5.74, 6) is 0.107. The third-order valence-corrected chi connectivity index (χ3v) is 4.23. The number of nitrogens with one attached hydrogen (secondary N) is 1. The van der Waals surface area contributed by atoms with E-state index in [0.717, 1.165) is 32.7 Å². The molecule has 0 unspecified atom stereocenters. The summed E-state index contributed by atoms with van der Waals surface area (Å²) in [4.78, 5) is 17.2. The first-order valence-electron chi connectivity index (χ1n) is 8.13. The smallest absolute Gasteiger partial charge is 0.225 e. The number of likely N-dealkylation sites (N-methyl/N-ethyl adjacent to an activating group) is 1. The van der Waals surface area contributed by atoms with Crippen LogP contribution in [-0.2, 0) is 4.79 Å². The molecule has 0 radical (unpaired) electrons. The van der Waals surface area contributed by atoms with E-state index in [2.05, 4.69) is 34.3 Å². The molecule has 1 heterocycles. The van der Waals surface area contributed by atoms with E-state index in [-0.39, 0.29) is 17.4 Å². The normalized spacial score (nSPS) is 18.9. The zero-order chi connectivity index (χ0) is 16.2. The molecule has 0 spiro atoms. The van der Waals surface area contributed by atoms with Crippen molar-refractivity contribution >= 4 is 5.91 Å². The number of benzene rings is 1. The molecule has 1 aromatic carbocycles. The quantitative estimate of drug-likeness (QED) is 0.925. The lowest BCUT2D eigenvalue weighted by Crippen LogP contribution is -2.48. The van der Waals surface area contributed by atoms with Gasteiger partial charge in [-0.1, -0.05) is 51.1 Å². The fourth-order valence-corrected chi connectivity index (χ4v) is 2.58. The van der Waals surface area contributed by atoms with Crippen molar-refractivity contribution in [3.63, 3.8) is 0 Å². The molecule has 1 atom stereocenters. The van der Waals surface area contributed by atoms with Gasteiger partial charge in [-0.2, -0.15) is 0 Å². The molecule has 0 bridgehead atoms. The van der Waals surface area contributed by atoms with Crippen molar-refractivity contribution in [3.8, 4) is 0 Å². The Kier molecular flexibility index (Phi) is 5.59. The van der Waals surface area contributed by atoms with Gasteiger partial charge >= 0.3 is 0 Å². The summed E-state index contributed by atoms with van der Waals surface area (Å²) >= 11 is 0. The Balaban J connectivity index is 2.07. The van der Waals surface area contributed by atoms with Gasteiger partial charge in [0.2, 0.25) is 5.91 Å². The van der Waals surface area contributed by atoms with Gasteiger partial charge in [-0.05, 0) is 12.6 Å². The van der Waals surface area contributed by atoms with Gasteiger partial charge in [0.25, 0.3) is 0 Å². The minimum atomic E-state index is -0.366. The van der Waals surface area contributed by atoms with Gasteiger partial charge in [0, 0.05) is 38.1 Å². The van der Waals surface area contributed by atoms with Crippen LogP contribution in [0.15, 0.2) is 30.3 Å². The average molecular weight is 303 g/mol. The molecular weight excluding hydrogens is 274 g/mol. The summed E-state index contributed by atoms with van der Waals surface area (Å²) in [7, 11) is 2.16. The molecule has 22 heavy (non-hydrogen) atoms. The predicted octanol–water partition coefficient (Wildman–Crippen LogP) is 2.14. The van der Waals surface area contributed by atoms with E-state index in [9.17, 15) is 4.79 Å². The Morgan fingerprint density at radius 2 is 1.73 bits per heavy atom. The zero-order valence-electron chi connectivity index (χ0n) is 14.3. The van der Waals surface area contributed by atoms with Crippen LogP contribution in [0.5, 0.6) is 0 Å². The van der Waals surface area contributed by atoms with Gasteiger partial charge in [0.1, 0.15) is 0 Å². The van der Waals surface area contributed by atoms with Crippen molar-refractivity contribution in [3.05, 3.63) is 35.9 Å². The van der Waals surface area contributed by atoms with Crippen molar-refractivity contribution in [1.82, 2.24) is 15.1 Å². The van der Waals surface area contributed by atoms with Gasteiger partial charge in [0.05, 0.1) is 6.04 Å². The fourth-order valence-electron chi connectivity index (χ4n) is 2.58. The molecule has 1 N–H and O–H groups in total. The van der Waals surface area contributed by atoms with Crippen molar-refractivity contribution in [1.29, 1.82) is 0 Å². The summed E-state index contributed by atoms with van der Waals surface area (Å²) in [5, 5.41) is 3.24. The number of piperazine rings is 1. The molecular formula is C18H29N3O. The lowest BCUT2D eigenvalue weighted by atomic mass is 9.94. The topological polar surface area (TPSA) is 35.6 Å². The number of carbonyl (C=O) groups is 1. The number of amides is 1. The SMILES string of the molecule is CN1CCN(C[C@@H](NC(=O)C(C)(C)C)c2ccccc2)CC1. The van der Waals surface area contributed by atoms with Gasteiger partial charge in [0.15, 0.2) is 0 Å². The van der Waals surface area contributed by atoms with Gasteiger partial charge < -0.3 is 10.2 Å². The first-order valence-corrected chi connectivity index (χ1v) is 8.13. The first kappa shape index (κ1) is 17.0. The van der Waals surface area contributed by atoms with E-state index in [1.54, 1.807) is 0 Å². The van der Waals surface area contributed by atoms with Crippen LogP contribution >= 0.6 is 0 Å². The summed E-state index contributed by atoms with van der Waals surface area (Å²) in [5.41, 5.74) is 0.814. The summed E-state index contributed by atoms with van der Waals surface area (Å²) < 4.78 is 0. The maximum absolute atomic E-state index is 12.4. The Morgan fingerprint density at radius 3 is 2.27 bits per heavy atom. The van der Waals surface area contributed by atoms with Crippen molar-refractivity contribution in [2.75, 3.05) is 39.8 Å². The van der Waals surface area contributed by atoms with Gasteiger partial charge in [-0.25, -0.2) is 0 Å². The first-order chi connectivity index (χ1) is 10.4. The van der Waals surface area contributed by atoms with E-state index >= 15 is 0 Å². The number of carbonyl (C=O) groups excluding carboxylic acids is 1.